The molecule has 2 amide bonds. The summed E-state index contributed by atoms with van der Waals surface area (Å²) in [4.78, 5) is 34.5. The predicted molar refractivity (Wildman–Crippen MR) is 151 cm³/mol. The Balaban J connectivity index is 1.15. The standard InChI is InChI=1S/C29H40N6O5/c1-38-23-6-7-24(26(20-23)39-2)25-8-9-27(31-30-25)33-12-14-34(15-13-33)28(36)21-35(29(37)22-4-3-5-22)11-10-32-16-18-40-19-17-32/h6-9,20,22H,3-5,10-19,21H2,1-2H3. The van der Waals surface area contributed by atoms with Crippen molar-refractivity contribution in [1.29, 1.82) is 0 Å². The first-order chi connectivity index (χ1) is 19.6. The monoisotopic (exact) mass is 552 g/mol. The third-order valence-corrected chi connectivity index (χ3v) is 8.17. The van der Waals surface area contributed by atoms with E-state index in [1.165, 1.54) is 0 Å². The number of nitrogens with zero attached hydrogens (tertiary/aromatic N) is 6. The Hall–Kier alpha value is -3.44. The van der Waals surface area contributed by atoms with Crippen LogP contribution in [0.3, 0.4) is 0 Å². The topological polar surface area (TPSA) is 101 Å². The van der Waals surface area contributed by atoms with E-state index >= 15 is 0 Å². The van der Waals surface area contributed by atoms with Crippen LogP contribution in [-0.4, -0.2) is 123 Å². The molecule has 0 bridgehead atoms. The summed E-state index contributed by atoms with van der Waals surface area (Å²) >= 11 is 0. The number of aromatic nitrogens is 2. The summed E-state index contributed by atoms with van der Waals surface area (Å²) in [6.07, 6.45) is 2.97. The van der Waals surface area contributed by atoms with Gasteiger partial charge in [-0.3, -0.25) is 14.5 Å². The zero-order chi connectivity index (χ0) is 27.9. The SMILES string of the molecule is COc1ccc(-c2ccc(N3CCN(C(=O)CN(CCN4CCOCC4)C(=O)C4CCC4)CC3)nn2)c(OC)c1. The van der Waals surface area contributed by atoms with Gasteiger partial charge in [0.1, 0.15) is 11.5 Å². The molecule has 3 aliphatic rings. The van der Waals surface area contributed by atoms with Gasteiger partial charge in [0.05, 0.1) is 39.7 Å². The second kappa shape index (κ2) is 13.3. The maximum atomic E-state index is 13.3. The molecule has 0 spiro atoms. The highest BCUT2D eigenvalue weighted by molar-refractivity contribution is 5.86. The third kappa shape index (κ3) is 6.64. The van der Waals surface area contributed by atoms with E-state index in [0.717, 1.165) is 63.5 Å². The molecule has 3 heterocycles. The summed E-state index contributed by atoms with van der Waals surface area (Å²) in [5, 5.41) is 8.90. The molecule has 2 aromatic rings. The van der Waals surface area contributed by atoms with Crippen LogP contribution in [-0.2, 0) is 14.3 Å². The number of anilines is 1. The fourth-order valence-corrected chi connectivity index (χ4v) is 5.36. The minimum atomic E-state index is 0.0160. The number of hydrogen-bond acceptors (Lipinski definition) is 9. The molecule has 11 heteroatoms. The first kappa shape index (κ1) is 28.1. The van der Waals surface area contributed by atoms with Crippen LogP contribution < -0.4 is 14.4 Å². The molecule has 3 fully saturated rings. The molecule has 1 aliphatic carbocycles. The van der Waals surface area contributed by atoms with Gasteiger partial charge < -0.3 is 28.9 Å². The maximum absolute atomic E-state index is 13.3. The Morgan fingerprint density at radius 2 is 1.75 bits per heavy atom. The van der Waals surface area contributed by atoms with Crippen LogP contribution in [0.1, 0.15) is 19.3 Å². The van der Waals surface area contributed by atoms with E-state index in [0.29, 0.717) is 49.9 Å². The van der Waals surface area contributed by atoms with Gasteiger partial charge in [-0.15, -0.1) is 10.2 Å². The van der Waals surface area contributed by atoms with Gasteiger partial charge in [-0.05, 0) is 37.1 Å². The Morgan fingerprint density at radius 1 is 0.975 bits per heavy atom. The molecule has 5 rings (SSSR count). The molecule has 0 N–H and O–H groups in total. The highest BCUT2D eigenvalue weighted by atomic mass is 16.5. The molecule has 0 radical (unpaired) electrons. The van der Waals surface area contributed by atoms with Gasteiger partial charge in [0.15, 0.2) is 5.82 Å². The quantitative estimate of drug-likeness (QED) is 0.437. The summed E-state index contributed by atoms with van der Waals surface area (Å²) in [6.45, 7) is 7.21. The maximum Gasteiger partial charge on any atom is 0.242 e. The molecule has 0 atom stereocenters. The second-order valence-electron chi connectivity index (χ2n) is 10.6. The lowest BCUT2D eigenvalue weighted by atomic mass is 9.84. The number of rotatable bonds is 10. The number of carbonyl (C=O) groups is 2. The van der Waals surface area contributed by atoms with Gasteiger partial charge in [0, 0.05) is 69.9 Å². The lowest BCUT2D eigenvalue weighted by Gasteiger charge is -2.38. The van der Waals surface area contributed by atoms with Crippen LogP contribution in [0, 0.1) is 5.92 Å². The second-order valence-corrected chi connectivity index (χ2v) is 10.6. The highest BCUT2D eigenvalue weighted by Gasteiger charge is 2.32. The molecule has 1 saturated carbocycles. The molecule has 1 aromatic carbocycles. The van der Waals surface area contributed by atoms with Crippen LogP contribution >= 0.6 is 0 Å². The number of methoxy groups -OCH3 is 2. The summed E-state index contributed by atoms with van der Waals surface area (Å²) in [5.41, 5.74) is 1.55. The van der Waals surface area contributed by atoms with Crippen molar-refractivity contribution >= 4 is 17.6 Å². The van der Waals surface area contributed by atoms with Crippen LogP contribution in [0.25, 0.3) is 11.3 Å². The van der Waals surface area contributed by atoms with Crippen LogP contribution in [0.15, 0.2) is 30.3 Å². The molecular weight excluding hydrogens is 512 g/mol. The average Bonchev–Trinajstić information content (AvgIpc) is 2.98. The van der Waals surface area contributed by atoms with Gasteiger partial charge in [0.25, 0.3) is 0 Å². The van der Waals surface area contributed by atoms with Crippen LogP contribution in [0.4, 0.5) is 5.82 Å². The fraction of sp³-hybridized carbons (Fsp3) is 0.586. The number of hydrogen-bond donors (Lipinski definition) is 0. The van der Waals surface area contributed by atoms with Crippen molar-refractivity contribution in [2.75, 3.05) is 91.2 Å². The molecule has 1 aromatic heterocycles. The van der Waals surface area contributed by atoms with Crippen molar-refractivity contribution in [1.82, 2.24) is 24.9 Å². The van der Waals surface area contributed by atoms with Crippen LogP contribution in [0.2, 0.25) is 0 Å². The Kier molecular flexibility index (Phi) is 9.33. The molecule has 0 unspecified atom stereocenters. The van der Waals surface area contributed by atoms with E-state index in [1.54, 1.807) is 19.1 Å². The number of piperazine rings is 1. The van der Waals surface area contributed by atoms with Crippen LogP contribution in [0.5, 0.6) is 11.5 Å². The normalized spacial score (nSPS) is 18.2. The Bertz CT molecular complexity index is 1140. The van der Waals surface area contributed by atoms with Gasteiger partial charge >= 0.3 is 0 Å². The van der Waals surface area contributed by atoms with Crippen molar-refractivity contribution in [2.24, 2.45) is 5.92 Å². The lowest BCUT2D eigenvalue weighted by molar-refractivity contribution is -0.145. The van der Waals surface area contributed by atoms with E-state index in [9.17, 15) is 9.59 Å². The summed E-state index contributed by atoms with van der Waals surface area (Å²) in [5.74, 6) is 2.38. The van der Waals surface area contributed by atoms with E-state index in [2.05, 4.69) is 20.0 Å². The van der Waals surface area contributed by atoms with Gasteiger partial charge in [-0.1, -0.05) is 6.42 Å². The van der Waals surface area contributed by atoms with E-state index in [1.807, 2.05) is 35.2 Å². The molecule has 40 heavy (non-hydrogen) atoms. The number of carbonyl (C=O) groups excluding carboxylic acids is 2. The summed E-state index contributed by atoms with van der Waals surface area (Å²) in [7, 11) is 3.24. The molecule has 2 aliphatic heterocycles. The molecule has 216 valence electrons. The fourth-order valence-electron chi connectivity index (χ4n) is 5.36. The first-order valence-corrected chi connectivity index (χ1v) is 14.2. The van der Waals surface area contributed by atoms with E-state index in [-0.39, 0.29) is 24.3 Å². The third-order valence-electron chi connectivity index (χ3n) is 8.17. The summed E-state index contributed by atoms with van der Waals surface area (Å²) < 4.78 is 16.2. The molecular formula is C29H40N6O5. The minimum Gasteiger partial charge on any atom is -0.497 e. The van der Waals surface area contributed by atoms with E-state index in [4.69, 9.17) is 14.2 Å². The lowest BCUT2D eigenvalue weighted by Crippen LogP contribution is -2.53. The van der Waals surface area contributed by atoms with Gasteiger partial charge in [-0.25, -0.2) is 0 Å². The first-order valence-electron chi connectivity index (χ1n) is 14.2. The number of benzene rings is 1. The average molecular weight is 553 g/mol. The predicted octanol–water partition coefficient (Wildman–Crippen LogP) is 1.77. The van der Waals surface area contributed by atoms with Crippen molar-refractivity contribution in [2.45, 2.75) is 19.3 Å². The van der Waals surface area contributed by atoms with Gasteiger partial charge in [-0.2, -0.15) is 0 Å². The Morgan fingerprint density at radius 3 is 2.38 bits per heavy atom. The molecule has 2 saturated heterocycles. The van der Waals surface area contributed by atoms with Gasteiger partial charge in [0.2, 0.25) is 11.8 Å². The highest BCUT2D eigenvalue weighted by Crippen LogP contribution is 2.32. The Labute approximate surface area is 236 Å². The summed E-state index contributed by atoms with van der Waals surface area (Å²) in [6, 6.07) is 9.49. The molecule has 11 nitrogen and oxygen atoms in total. The zero-order valence-corrected chi connectivity index (χ0v) is 23.6. The number of morpholine rings is 1. The number of amides is 2. The van der Waals surface area contributed by atoms with Crippen molar-refractivity contribution in [3.05, 3.63) is 30.3 Å². The largest absolute Gasteiger partial charge is 0.497 e. The van der Waals surface area contributed by atoms with Crippen molar-refractivity contribution in [3.8, 4) is 22.8 Å². The smallest absolute Gasteiger partial charge is 0.242 e. The van der Waals surface area contributed by atoms with Crippen molar-refractivity contribution < 1.29 is 23.8 Å². The zero-order valence-electron chi connectivity index (χ0n) is 23.6. The van der Waals surface area contributed by atoms with E-state index < -0.39 is 0 Å². The van der Waals surface area contributed by atoms with Crippen molar-refractivity contribution in [3.63, 3.8) is 0 Å². The number of ether oxygens (including phenoxy) is 3. The minimum absolute atomic E-state index is 0.0160.